The number of carbonyl (C=O) groups is 1. The summed E-state index contributed by atoms with van der Waals surface area (Å²) in [6.07, 6.45) is 0. The molecule has 0 aliphatic rings. The van der Waals surface area contributed by atoms with Gasteiger partial charge in [-0.2, -0.15) is 0 Å². The summed E-state index contributed by atoms with van der Waals surface area (Å²) in [4.78, 5) is 12.5. The lowest BCUT2D eigenvalue weighted by Crippen LogP contribution is -2.14. The van der Waals surface area contributed by atoms with Crippen molar-refractivity contribution in [3.05, 3.63) is 43.5 Å². The first-order valence-corrected chi connectivity index (χ1v) is 9.11. The number of primary sulfonamides is 1. The summed E-state index contributed by atoms with van der Waals surface area (Å²) in [5.74, 6) is -0.326. The standard InChI is InChI=1S/C11H8Br2N2O3S2/c12-8-5-9(19-10(8)13)11(16)15-6-2-1-3-7(4-6)20(14,17)18/h1-5H,(H,15,16)(H2,14,17,18). The van der Waals surface area contributed by atoms with E-state index in [1.165, 1.54) is 29.5 Å². The highest BCUT2D eigenvalue weighted by molar-refractivity contribution is 9.13. The first-order chi connectivity index (χ1) is 9.27. The van der Waals surface area contributed by atoms with Crippen molar-refractivity contribution in [3.63, 3.8) is 0 Å². The summed E-state index contributed by atoms with van der Waals surface area (Å²) >= 11 is 7.86. The lowest BCUT2D eigenvalue weighted by Gasteiger charge is -2.05. The van der Waals surface area contributed by atoms with Crippen molar-refractivity contribution in [2.45, 2.75) is 4.90 Å². The van der Waals surface area contributed by atoms with Crippen LogP contribution in [0.4, 0.5) is 5.69 Å². The minimum atomic E-state index is -3.79. The molecule has 1 aromatic heterocycles. The van der Waals surface area contributed by atoms with E-state index >= 15 is 0 Å². The van der Waals surface area contributed by atoms with E-state index in [2.05, 4.69) is 37.2 Å². The van der Waals surface area contributed by atoms with Crippen LogP contribution in [0.3, 0.4) is 0 Å². The van der Waals surface area contributed by atoms with Crippen molar-refractivity contribution < 1.29 is 13.2 Å². The van der Waals surface area contributed by atoms with Gasteiger partial charge in [0.2, 0.25) is 10.0 Å². The zero-order valence-electron chi connectivity index (χ0n) is 9.76. The van der Waals surface area contributed by atoms with Crippen molar-refractivity contribution in [1.29, 1.82) is 0 Å². The molecule has 2 rings (SSSR count). The first kappa shape index (κ1) is 15.6. The van der Waals surface area contributed by atoms with E-state index < -0.39 is 10.0 Å². The molecule has 0 radical (unpaired) electrons. The maximum absolute atomic E-state index is 12.0. The number of hydrogen-bond acceptors (Lipinski definition) is 4. The van der Waals surface area contributed by atoms with Crippen LogP contribution in [-0.2, 0) is 10.0 Å². The molecule has 0 saturated carbocycles. The Morgan fingerprint density at radius 3 is 2.50 bits per heavy atom. The maximum atomic E-state index is 12.0. The molecule has 3 N–H and O–H groups in total. The van der Waals surface area contributed by atoms with Crippen LogP contribution in [0.2, 0.25) is 0 Å². The Bertz CT molecular complexity index is 752. The highest BCUT2D eigenvalue weighted by Gasteiger charge is 2.13. The van der Waals surface area contributed by atoms with Gasteiger partial charge in [0.05, 0.1) is 13.6 Å². The van der Waals surface area contributed by atoms with Crippen LogP contribution < -0.4 is 10.5 Å². The van der Waals surface area contributed by atoms with E-state index in [9.17, 15) is 13.2 Å². The Morgan fingerprint density at radius 2 is 1.95 bits per heavy atom. The van der Waals surface area contributed by atoms with Gasteiger partial charge in [0.15, 0.2) is 0 Å². The Labute approximate surface area is 136 Å². The lowest BCUT2D eigenvalue weighted by atomic mass is 10.3. The van der Waals surface area contributed by atoms with Gasteiger partial charge in [-0.15, -0.1) is 11.3 Å². The normalized spacial score (nSPS) is 11.3. The third-order valence-corrected chi connectivity index (χ3v) is 6.46. The monoisotopic (exact) mass is 438 g/mol. The van der Waals surface area contributed by atoms with Crippen molar-refractivity contribution in [2.75, 3.05) is 5.32 Å². The second-order valence-electron chi connectivity index (χ2n) is 3.76. The molecule has 5 nitrogen and oxygen atoms in total. The number of carbonyl (C=O) groups excluding carboxylic acids is 1. The molecular weight excluding hydrogens is 432 g/mol. The Kier molecular flexibility index (Phi) is 4.65. The zero-order valence-corrected chi connectivity index (χ0v) is 14.6. The van der Waals surface area contributed by atoms with Gasteiger partial charge in [0.25, 0.3) is 5.91 Å². The lowest BCUT2D eigenvalue weighted by molar-refractivity contribution is 0.103. The summed E-state index contributed by atoms with van der Waals surface area (Å²) in [7, 11) is -3.79. The minimum Gasteiger partial charge on any atom is -0.321 e. The zero-order chi connectivity index (χ0) is 14.9. The highest BCUT2D eigenvalue weighted by atomic mass is 79.9. The first-order valence-electron chi connectivity index (χ1n) is 5.16. The van der Waals surface area contributed by atoms with E-state index in [1.54, 1.807) is 12.1 Å². The number of benzene rings is 1. The molecule has 0 fully saturated rings. The number of hydrogen-bond donors (Lipinski definition) is 2. The molecule has 9 heteroatoms. The summed E-state index contributed by atoms with van der Waals surface area (Å²) < 4.78 is 24.1. The molecule has 2 aromatic rings. The molecule has 0 aliphatic carbocycles. The predicted octanol–water partition coefficient (Wildman–Crippen LogP) is 3.17. The second-order valence-corrected chi connectivity index (χ2v) is 8.55. The van der Waals surface area contributed by atoms with Crippen LogP contribution in [-0.4, -0.2) is 14.3 Å². The highest BCUT2D eigenvalue weighted by Crippen LogP contribution is 2.32. The van der Waals surface area contributed by atoms with E-state index in [-0.39, 0.29) is 10.8 Å². The van der Waals surface area contributed by atoms with E-state index in [0.29, 0.717) is 10.6 Å². The third kappa shape index (κ3) is 3.67. The molecule has 0 bridgehead atoms. The minimum absolute atomic E-state index is 0.0520. The van der Waals surface area contributed by atoms with Crippen molar-refractivity contribution in [2.24, 2.45) is 5.14 Å². The van der Waals surface area contributed by atoms with Crippen LogP contribution in [0.15, 0.2) is 43.5 Å². The maximum Gasteiger partial charge on any atom is 0.265 e. The Balaban J connectivity index is 2.24. The van der Waals surface area contributed by atoms with Crippen LogP contribution in [0.25, 0.3) is 0 Å². The topological polar surface area (TPSA) is 89.3 Å². The molecule has 0 unspecified atom stereocenters. The molecule has 20 heavy (non-hydrogen) atoms. The fraction of sp³-hybridized carbons (Fsp3) is 0. The number of nitrogens with one attached hydrogen (secondary N) is 1. The number of rotatable bonds is 3. The van der Waals surface area contributed by atoms with Crippen LogP contribution in [0, 0.1) is 0 Å². The molecule has 1 amide bonds. The summed E-state index contributed by atoms with van der Waals surface area (Å²) in [6.45, 7) is 0. The van der Waals surface area contributed by atoms with Crippen molar-refractivity contribution in [1.82, 2.24) is 0 Å². The van der Waals surface area contributed by atoms with Gasteiger partial charge in [-0.25, -0.2) is 13.6 Å². The molecule has 0 aliphatic heterocycles. The van der Waals surface area contributed by atoms with Crippen LogP contribution in [0.1, 0.15) is 9.67 Å². The van der Waals surface area contributed by atoms with E-state index in [4.69, 9.17) is 5.14 Å². The van der Waals surface area contributed by atoms with Gasteiger partial charge in [-0.1, -0.05) is 6.07 Å². The molecule has 1 aromatic carbocycles. The van der Waals surface area contributed by atoms with Crippen molar-refractivity contribution >= 4 is 64.8 Å². The van der Waals surface area contributed by atoms with Gasteiger partial charge in [0, 0.05) is 10.2 Å². The summed E-state index contributed by atoms with van der Waals surface area (Å²) in [5, 5.41) is 7.66. The predicted molar refractivity (Wildman–Crippen MR) is 85.5 cm³/mol. The SMILES string of the molecule is NS(=O)(=O)c1cccc(NC(=O)c2cc(Br)c(Br)s2)c1. The summed E-state index contributed by atoms with van der Waals surface area (Å²) in [5.41, 5.74) is 0.363. The van der Waals surface area contributed by atoms with Gasteiger partial charge in [-0.3, -0.25) is 4.79 Å². The Hall–Kier alpha value is -0.740. The summed E-state index contributed by atoms with van der Waals surface area (Å²) in [6, 6.07) is 7.45. The Morgan fingerprint density at radius 1 is 1.25 bits per heavy atom. The molecule has 0 saturated heterocycles. The molecule has 0 spiro atoms. The van der Waals surface area contributed by atoms with E-state index in [1.807, 2.05) is 0 Å². The fourth-order valence-corrected chi connectivity index (χ4v) is 3.89. The number of amides is 1. The quantitative estimate of drug-likeness (QED) is 0.769. The number of halogens is 2. The number of sulfonamides is 1. The van der Waals surface area contributed by atoms with Gasteiger partial charge in [0.1, 0.15) is 0 Å². The van der Waals surface area contributed by atoms with Crippen LogP contribution in [0.5, 0.6) is 0 Å². The van der Waals surface area contributed by atoms with Gasteiger partial charge < -0.3 is 5.32 Å². The fourth-order valence-electron chi connectivity index (χ4n) is 1.40. The molecule has 0 atom stereocenters. The average molecular weight is 440 g/mol. The number of anilines is 1. The molecule has 1 heterocycles. The number of thiophene rings is 1. The largest absolute Gasteiger partial charge is 0.321 e. The second kappa shape index (κ2) is 5.94. The van der Waals surface area contributed by atoms with Gasteiger partial charge >= 0.3 is 0 Å². The third-order valence-electron chi connectivity index (χ3n) is 2.29. The van der Waals surface area contributed by atoms with Crippen molar-refractivity contribution in [3.8, 4) is 0 Å². The average Bonchev–Trinajstić information content (AvgIpc) is 2.69. The molecular formula is C11H8Br2N2O3S2. The van der Waals surface area contributed by atoms with Crippen LogP contribution >= 0.6 is 43.2 Å². The number of nitrogens with two attached hydrogens (primary N) is 1. The molecule has 106 valence electrons. The van der Waals surface area contributed by atoms with Gasteiger partial charge in [-0.05, 0) is 56.1 Å². The smallest absolute Gasteiger partial charge is 0.265 e. The van der Waals surface area contributed by atoms with E-state index in [0.717, 1.165) is 8.26 Å².